The fourth-order valence-corrected chi connectivity index (χ4v) is 1.91. The van der Waals surface area contributed by atoms with Crippen LogP contribution in [0.4, 0.5) is 4.39 Å². The summed E-state index contributed by atoms with van der Waals surface area (Å²) in [7, 11) is 0. The van der Waals surface area contributed by atoms with Crippen molar-refractivity contribution >= 4 is 5.97 Å². The Kier molecular flexibility index (Phi) is 3.28. The van der Waals surface area contributed by atoms with Gasteiger partial charge in [0.1, 0.15) is 0 Å². The fraction of sp³-hybridized carbons (Fsp3) is 0.900. The number of carbonyl (C=O) groups is 1. The van der Waals surface area contributed by atoms with Gasteiger partial charge in [0.15, 0.2) is 0 Å². The summed E-state index contributed by atoms with van der Waals surface area (Å²) in [6.07, 6.45) is 3.69. The van der Waals surface area contributed by atoms with E-state index < -0.39 is 11.6 Å². The normalized spacial score (nSPS) is 22.7. The van der Waals surface area contributed by atoms with Gasteiger partial charge in [0.2, 0.25) is 5.67 Å². The predicted molar refractivity (Wildman–Crippen MR) is 48.1 cm³/mol. The van der Waals surface area contributed by atoms with Gasteiger partial charge in [-0.25, -0.2) is 9.18 Å². The first-order valence-electron chi connectivity index (χ1n) is 4.95. The second-order valence-electron chi connectivity index (χ2n) is 3.78. The maximum atomic E-state index is 13.9. The minimum atomic E-state index is -1.77. The van der Waals surface area contributed by atoms with Crippen molar-refractivity contribution in [3.05, 3.63) is 0 Å². The lowest BCUT2D eigenvalue weighted by Gasteiger charge is -2.24. The molecule has 1 atom stereocenters. The van der Waals surface area contributed by atoms with Crippen LogP contribution >= 0.6 is 0 Å². The van der Waals surface area contributed by atoms with Gasteiger partial charge in [0, 0.05) is 5.92 Å². The van der Waals surface area contributed by atoms with E-state index in [2.05, 4.69) is 0 Å². The van der Waals surface area contributed by atoms with Crippen LogP contribution in [0, 0.1) is 5.92 Å². The molecule has 0 heterocycles. The number of alkyl halides is 1. The largest absolute Gasteiger partial charge is 0.464 e. The van der Waals surface area contributed by atoms with Crippen molar-refractivity contribution < 1.29 is 13.9 Å². The number of rotatable bonds is 3. The lowest BCUT2D eigenvalue weighted by atomic mass is 9.89. The van der Waals surface area contributed by atoms with E-state index in [0.717, 1.165) is 25.7 Å². The summed E-state index contributed by atoms with van der Waals surface area (Å²) >= 11 is 0. The zero-order chi connectivity index (χ0) is 9.90. The summed E-state index contributed by atoms with van der Waals surface area (Å²) in [6, 6.07) is 0. The molecule has 0 aromatic carbocycles. The van der Waals surface area contributed by atoms with Crippen molar-refractivity contribution in [3.63, 3.8) is 0 Å². The van der Waals surface area contributed by atoms with E-state index in [0.29, 0.717) is 0 Å². The maximum absolute atomic E-state index is 13.9. The average Bonchev–Trinajstić information content (AvgIpc) is 2.56. The van der Waals surface area contributed by atoms with Crippen molar-refractivity contribution in [2.75, 3.05) is 6.61 Å². The highest BCUT2D eigenvalue weighted by molar-refractivity contribution is 5.79. The summed E-state index contributed by atoms with van der Waals surface area (Å²) in [4.78, 5) is 11.3. The van der Waals surface area contributed by atoms with Crippen LogP contribution in [0.3, 0.4) is 0 Å². The topological polar surface area (TPSA) is 26.3 Å². The molecule has 1 aliphatic carbocycles. The number of ether oxygens (including phenoxy) is 1. The molecule has 0 radical (unpaired) electrons. The summed E-state index contributed by atoms with van der Waals surface area (Å²) < 4.78 is 18.6. The van der Waals surface area contributed by atoms with E-state index in [1.54, 1.807) is 6.92 Å². The molecule has 0 aromatic rings. The van der Waals surface area contributed by atoms with Gasteiger partial charge in [0.05, 0.1) is 6.61 Å². The number of hydrogen-bond acceptors (Lipinski definition) is 2. The number of carbonyl (C=O) groups excluding carboxylic acids is 1. The Labute approximate surface area is 78.5 Å². The van der Waals surface area contributed by atoms with E-state index in [1.165, 1.54) is 6.92 Å². The van der Waals surface area contributed by atoms with Gasteiger partial charge < -0.3 is 4.74 Å². The lowest BCUT2D eigenvalue weighted by Crippen LogP contribution is -2.38. The average molecular weight is 188 g/mol. The molecule has 0 bridgehead atoms. The fourth-order valence-electron chi connectivity index (χ4n) is 1.91. The highest BCUT2D eigenvalue weighted by Gasteiger charge is 2.43. The van der Waals surface area contributed by atoms with Crippen LogP contribution in [0.15, 0.2) is 0 Å². The molecule has 1 unspecified atom stereocenters. The third-order valence-corrected chi connectivity index (χ3v) is 2.80. The molecule has 0 spiro atoms. The van der Waals surface area contributed by atoms with Crippen LogP contribution in [0.5, 0.6) is 0 Å². The smallest absolute Gasteiger partial charge is 0.343 e. The minimum absolute atomic E-state index is 0.133. The third-order valence-electron chi connectivity index (χ3n) is 2.80. The summed E-state index contributed by atoms with van der Waals surface area (Å²) in [5.41, 5.74) is -1.77. The molecule has 0 aliphatic heterocycles. The summed E-state index contributed by atoms with van der Waals surface area (Å²) in [6.45, 7) is 3.30. The predicted octanol–water partition coefficient (Wildman–Crippen LogP) is 2.47. The van der Waals surface area contributed by atoms with E-state index in [-0.39, 0.29) is 12.5 Å². The Morgan fingerprint density at radius 2 is 2.08 bits per heavy atom. The standard InChI is InChI=1S/C10H17FO2/c1-3-13-9(12)10(2,11)8-6-4-5-7-8/h8H,3-7H2,1-2H3. The van der Waals surface area contributed by atoms with E-state index in [4.69, 9.17) is 4.74 Å². The van der Waals surface area contributed by atoms with Gasteiger partial charge in [-0.1, -0.05) is 12.8 Å². The molecular formula is C10H17FO2. The first-order chi connectivity index (χ1) is 6.09. The first kappa shape index (κ1) is 10.5. The SMILES string of the molecule is CCOC(=O)C(C)(F)C1CCCC1. The van der Waals surface area contributed by atoms with Crippen molar-refractivity contribution in [1.82, 2.24) is 0 Å². The van der Waals surface area contributed by atoms with Crippen LogP contribution in [-0.2, 0) is 9.53 Å². The molecule has 2 nitrogen and oxygen atoms in total. The highest BCUT2D eigenvalue weighted by Crippen LogP contribution is 2.37. The van der Waals surface area contributed by atoms with Crippen LogP contribution in [0.2, 0.25) is 0 Å². The molecule has 1 rings (SSSR count). The number of esters is 1. The Morgan fingerprint density at radius 3 is 2.54 bits per heavy atom. The molecule has 0 aromatic heterocycles. The van der Waals surface area contributed by atoms with Crippen LogP contribution in [0.1, 0.15) is 39.5 Å². The van der Waals surface area contributed by atoms with Crippen LogP contribution in [0.25, 0.3) is 0 Å². The highest BCUT2D eigenvalue weighted by atomic mass is 19.1. The Hall–Kier alpha value is -0.600. The molecular weight excluding hydrogens is 171 g/mol. The van der Waals surface area contributed by atoms with E-state index in [9.17, 15) is 9.18 Å². The zero-order valence-electron chi connectivity index (χ0n) is 8.31. The Balaban J connectivity index is 2.57. The van der Waals surface area contributed by atoms with Crippen molar-refractivity contribution in [3.8, 4) is 0 Å². The molecule has 0 N–H and O–H groups in total. The molecule has 1 saturated carbocycles. The van der Waals surface area contributed by atoms with E-state index >= 15 is 0 Å². The third kappa shape index (κ3) is 2.20. The monoisotopic (exact) mass is 188 g/mol. The maximum Gasteiger partial charge on any atom is 0.343 e. The quantitative estimate of drug-likeness (QED) is 0.636. The van der Waals surface area contributed by atoms with Gasteiger partial charge in [-0.15, -0.1) is 0 Å². The first-order valence-corrected chi connectivity index (χ1v) is 4.95. The van der Waals surface area contributed by atoms with Gasteiger partial charge in [-0.05, 0) is 26.7 Å². The molecule has 13 heavy (non-hydrogen) atoms. The van der Waals surface area contributed by atoms with Crippen molar-refractivity contribution in [2.24, 2.45) is 5.92 Å². The number of hydrogen-bond donors (Lipinski definition) is 0. The molecule has 1 aliphatic rings. The second kappa shape index (κ2) is 4.07. The van der Waals surface area contributed by atoms with Gasteiger partial charge in [-0.3, -0.25) is 0 Å². The van der Waals surface area contributed by atoms with Crippen LogP contribution in [-0.4, -0.2) is 18.2 Å². The Bertz CT molecular complexity index is 183. The lowest BCUT2D eigenvalue weighted by molar-refractivity contribution is -0.160. The molecule has 1 fully saturated rings. The molecule has 76 valence electrons. The zero-order valence-corrected chi connectivity index (χ0v) is 8.31. The van der Waals surface area contributed by atoms with Gasteiger partial charge in [-0.2, -0.15) is 0 Å². The summed E-state index contributed by atoms with van der Waals surface area (Å²) in [5.74, 6) is -0.826. The van der Waals surface area contributed by atoms with E-state index in [1.807, 2.05) is 0 Å². The van der Waals surface area contributed by atoms with Gasteiger partial charge >= 0.3 is 5.97 Å². The molecule has 0 saturated heterocycles. The van der Waals surface area contributed by atoms with Crippen LogP contribution < -0.4 is 0 Å². The summed E-state index contributed by atoms with van der Waals surface area (Å²) in [5, 5.41) is 0. The Morgan fingerprint density at radius 1 is 1.54 bits per heavy atom. The van der Waals surface area contributed by atoms with Crippen molar-refractivity contribution in [1.29, 1.82) is 0 Å². The number of halogens is 1. The molecule has 0 amide bonds. The van der Waals surface area contributed by atoms with Crippen molar-refractivity contribution in [2.45, 2.75) is 45.2 Å². The minimum Gasteiger partial charge on any atom is -0.464 e. The molecule has 3 heteroatoms. The second-order valence-corrected chi connectivity index (χ2v) is 3.78. The van der Waals surface area contributed by atoms with Gasteiger partial charge in [0.25, 0.3) is 0 Å².